The van der Waals surface area contributed by atoms with Crippen molar-refractivity contribution in [3.05, 3.63) is 78.2 Å². The molecule has 1 amide bonds. The number of aromatic nitrogens is 1. The summed E-state index contributed by atoms with van der Waals surface area (Å²) < 4.78 is 5.52. The molecule has 1 aliphatic heterocycles. The Morgan fingerprint density at radius 1 is 1.11 bits per heavy atom. The monoisotopic (exact) mass is 375 g/mol. The van der Waals surface area contributed by atoms with Crippen LogP contribution in [-0.4, -0.2) is 35.4 Å². The third-order valence-electron chi connectivity index (χ3n) is 5.18. The number of nitrogens with zero attached hydrogens (tertiary/aromatic N) is 2. The molecule has 1 saturated heterocycles. The average Bonchev–Trinajstić information content (AvgIpc) is 3.23. The smallest absolute Gasteiger partial charge is 0.234 e. The largest absolute Gasteiger partial charge is 0.444 e. The van der Waals surface area contributed by atoms with Crippen LogP contribution in [0.3, 0.4) is 0 Å². The van der Waals surface area contributed by atoms with Gasteiger partial charge in [-0.2, -0.15) is 0 Å². The lowest BCUT2D eigenvalue weighted by atomic mass is 9.91. The second kappa shape index (κ2) is 8.85. The van der Waals surface area contributed by atoms with Crippen molar-refractivity contribution in [1.82, 2.24) is 15.2 Å². The van der Waals surface area contributed by atoms with Crippen LogP contribution in [0, 0.1) is 0 Å². The average molecular weight is 375 g/mol. The zero-order valence-corrected chi connectivity index (χ0v) is 15.9. The third-order valence-corrected chi connectivity index (χ3v) is 5.18. The molecule has 1 N–H and O–H groups in total. The maximum atomic E-state index is 12.4. The number of benzene rings is 2. The van der Waals surface area contributed by atoms with Crippen LogP contribution in [0.1, 0.15) is 30.0 Å². The minimum atomic E-state index is 0.0259. The van der Waals surface area contributed by atoms with E-state index < -0.39 is 0 Å². The Labute approximate surface area is 165 Å². The van der Waals surface area contributed by atoms with E-state index in [4.69, 9.17) is 4.42 Å². The quantitative estimate of drug-likeness (QED) is 0.711. The first-order chi connectivity index (χ1) is 13.8. The van der Waals surface area contributed by atoms with Crippen LogP contribution in [0.2, 0.25) is 0 Å². The zero-order chi connectivity index (χ0) is 19.2. The summed E-state index contributed by atoms with van der Waals surface area (Å²) in [5, 5.41) is 2.96. The van der Waals surface area contributed by atoms with Gasteiger partial charge in [-0.3, -0.25) is 9.69 Å². The Hall–Kier alpha value is -2.92. The molecule has 5 nitrogen and oxygen atoms in total. The summed E-state index contributed by atoms with van der Waals surface area (Å²) in [6, 6.07) is 20.3. The lowest BCUT2D eigenvalue weighted by molar-refractivity contribution is -0.122. The van der Waals surface area contributed by atoms with Crippen molar-refractivity contribution in [2.24, 2.45) is 0 Å². The first kappa shape index (κ1) is 18.4. The molecule has 0 radical (unpaired) electrons. The van der Waals surface area contributed by atoms with Crippen LogP contribution in [0.4, 0.5) is 0 Å². The molecule has 1 aromatic heterocycles. The van der Waals surface area contributed by atoms with E-state index in [0.717, 1.165) is 30.8 Å². The fraction of sp³-hybridized carbons (Fsp3) is 0.304. The maximum absolute atomic E-state index is 12.4. The number of rotatable bonds is 6. The van der Waals surface area contributed by atoms with Crippen molar-refractivity contribution in [1.29, 1.82) is 0 Å². The molecular formula is C23H25N3O2. The molecule has 0 bridgehead atoms. The Morgan fingerprint density at radius 3 is 2.64 bits per heavy atom. The van der Waals surface area contributed by atoms with Gasteiger partial charge in [0.1, 0.15) is 6.26 Å². The van der Waals surface area contributed by atoms with Gasteiger partial charge in [-0.05, 0) is 43.0 Å². The highest BCUT2D eigenvalue weighted by Crippen LogP contribution is 2.26. The molecule has 0 spiro atoms. The van der Waals surface area contributed by atoms with Gasteiger partial charge in [-0.25, -0.2) is 4.98 Å². The van der Waals surface area contributed by atoms with E-state index in [2.05, 4.69) is 39.5 Å². The van der Waals surface area contributed by atoms with Gasteiger partial charge in [0.25, 0.3) is 0 Å². The van der Waals surface area contributed by atoms with Gasteiger partial charge in [-0.1, -0.05) is 48.5 Å². The zero-order valence-electron chi connectivity index (χ0n) is 15.9. The first-order valence-corrected chi connectivity index (χ1v) is 9.82. The highest BCUT2D eigenvalue weighted by Gasteiger charge is 2.22. The van der Waals surface area contributed by atoms with Crippen LogP contribution in [0.25, 0.3) is 11.5 Å². The number of oxazole rings is 1. The summed E-state index contributed by atoms with van der Waals surface area (Å²) in [5.74, 6) is 1.11. The van der Waals surface area contributed by atoms with E-state index >= 15 is 0 Å². The second-order valence-electron chi connectivity index (χ2n) is 7.27. The minimum Gasteiger partial charge on any atom is -0.444 e. The molecule has 3 aromatic rings. The number of hydrogen-bond donors (Lipinski definition) is 1. The van der Waals surface area contributed by atoms with Crippen LogP contribution in [-0.2, 0) is 11.3 Å². The summed E-state index contributed by atoms with van der Waals surface area (Å²) in [4.78, 5) is 19.1. The summed E-state index contributed by atoms with van der Waals surface area (Å²) in [7, 11) is 0. The van der Waals surface area contributed by atoms with Gasteiger partial charge < -0.3 is 9.73 Å². The summed E-state index contributed by atoms with van der Waals surface area (Å²) >= 11 is 0. The SMILES string of the molecule is O=C(CN1CCC[C@H](c2ccccc2)C1)NCc1coc(-c2ccccc2)n1. The van der Waals surface area contributed by atoms with Gasteiger partial charge in [0.05, 0.1) is 18.8 Å². The molecule has 0 unspecified atom stereocenters. The van der Waals surface area contributed by atoms with Gasteiger partial charge in [-0.15, -0.1) is 0 Å². The Kier molecular flexibility index (Phi) is 5.83. The minimum absolute atomic E-state index is 0.0259. The molecule has 144 valence electrons. The molecule has 28 heavy (non-hydrogen) atoms. The lowest BCUT2D eigenvalue weighted by Gasteiger charge is -2.32. The Bertz CT molecular complexity index is 892. The highest BCUT2D eigenvalue weighted by molar-refractivity contribution is 5.78. The fourth-order valence-corrected chi connectivity index (χ4v) is 3.75. The maximum Gasteiger partial charge on any atom is 0.234 e. The topological polar surface area (TPSA) is 58.4 Å². The van der Waals surface area contributed by atoms with Crippen LogP contribution < -0.4 is 5.32 Å². The van der Waals surface area contributed by atoms with Crippen molar-refractivity contribution >= 4 is 5.91 Å². The predicted octanol–water partition coefficient (Wildman–Crippen LogP) is 3.84. The van der Waals surface area contributed by atoms with Crippen LogP contribution in [0.15, 0.2) is 71.3 Å². The molecule has 5 heteroatoms. The number of piperidine rings is 1. The van der Waals surface area contributed by atoms with Gasteiger partial charge in [0.15, 0.2) is 0 Å². The van der Waals surface area contributed by atoms with Crippen LogP contribution in [0.5, 0.6) is 0 Å². The molecule has 0 aliphatic carbocycles. The molecule has 0 saturated carbocycles. The number of hydrogen-bond acceptors (Lipinski definition) is 4. The molecule has 2 heterocycles. The Morgan fingerprint density at radius 2 is 1.86 bits per heavy atom. The van der Waals surface area contributed by atoms with E-state index in [0.29, 0.717) is 24.9 Å². The summed E-state index contributed by atoms with van der Waals surface area (Å²) in [6.45, 7) is 2.70. The molecule has 1 fully saturated rings. The third kappa shape index (κ3) is 4.67. The summed E-state index contributed by atoms with van der Waals surface area (Å²) in [5.41, 5.74) is 3.03. The van der Waals surface area contributed by atoms with Crippen molar-refractivity contribution in [3.63, 3.8) is 0 Å². The van der Waals surface area contributed by atoms with Crippen molar-refractivity contribution < 1.29 is 9.21 Å². The predicted molar refractivity (Wildman–Crippen MR) is 109 cm³/mol. The van der Waals surface area contributed by atoms with Gasteiger partial charge in [0, 0.05) is 12.1 Å². The number of likely N-dealkylation sites (tertiary alicyclic amines) is 1. The van der Waals surface area contributed by atoms with Gasteiger partial charge >= 0.3 is 0 Å². The van der Waals surface area contributed by atoms with E-state index in [1.807, 2.05) is 36.4 Å². The first-order valence-electron chi connectivity index (χ1n) is 9.82. The van der Waals surface area contributed by atoms with Gasteiger partial charge in [0.2, 0.25) is 11.8 Å². The van der Waals surface area contributed by atoms with E-state index in [9.17, 15) is 4.79 Å². The van der Waals surface area contributed by atoms with E-state index in [1.165, 1.54) is 12.0 Å². The molecule has 1 aliphatic rings. The second-order valence-corrected chi connectivity index (χ2v) is 7.27. The highest BCUT2D eigenvalue weighted by atomic mass is 16.3. The van der Waals surface area contributed by atoms with Crippen LogP contribution >= 0.6 is 0 Å². The molecule has 1 atom stereocenters. The molecule has 2 aromatic carbocycles. The number of nitrogens with one attached hydrogen (secondary N) is 1. The fourth-order valence-electron chi connectivity index (χ4n) is 3.75. The Balaban J connectivity index is 1.27. The number of amides is 1. The molecule has 4 rings (SSSR count). The van der Waals surface area contributed by atoms with Crippen molar-refractivity contribution in [2.45, 2.75) is 25.3 Å². The normalized spacial score (nSPS) is 17.4. The number of carbonyl (C=O) groups is 1. The molecular weight excluding hydrogens is 350 g/mol. The van der Waals surface area contributed by atoms with E-state index in [1.54, 1.807) is 6.26 Å². The lowest BCUT2D eigenvalue weighted by Crippen LogP contribution is -2.41. The van der Waals surface area contributed by atoms with Crippen molar-refractivity contribution in [2.75, 3.05) is 19.6 Å². The van der Waals surface area contributed by atoms with Crippen molar-refractivity contribution in [3.8, 4) is 11.5 Å². The standard InChI is InChI=1S/C23H25N3O2/c27-22(16-26-13-7-12-20(15-26)18-8-3-1-4-9-18)24-14-21-17-28-23(25-21)19-10-5-2-6-11-19/h1-6,8-11,17,20H,7,12-16H2,(H,24,27)/t20-/m0/s1. The van der Waals surface area contributed by atoms with E-state index in [-0.39, 0.29) is 5.91 Å². The summed E-state index contributed by atoms with van der Waals surface area (Å²) in [6.07, 6.45) is 3.91. The number of carbonyl (C=O) groups excluding carboxylic acids is 1.